The Hall–Kier alpha value is -1.60. The molecule has 4 nitrogen and oxygen atoms in total. The minimum absolute atomic E-state index is 0.482. The molecule has 1 atom stereocenters. The molecule has 0 unspecified atom stereocenters. The van der Waals surface area contributed by atoms with E-state index < -0.39 is 0 Å². The van der Waals surface area contributed by atoms with Crippen LogP contribution in [0, 0.1) is 11.3 Å². The van der Waals surface area contributed by atoms with Gasteiger partial charge in [0.05, 0.1) is 11.6 Å². The average Bonchev–Trinajstić information content (AvgIpc) is 2.39. The second-order valence-corrected chi connectivity index (χ2v) is 4.13. The number of nitriles is 1. The summed E-state index contributed by atoms with van der Waals surface area (Å²) < 4.78 is 0. The molecular formula is C12H16N4. The first-order chi connectivity index (χ1) is 7.81. The van der Waals surface area contributed by atoms with Crippen LogP contribution >= 0.6 is 0 Å². The van der Waals surface area contributed by atoms with Gasteiger partial charge in [-0.1, -0.05) is 0 Å². The molecule has 0 saturated carbocycles. The summed E-state index contributed by atoms with van der Waals surface area (Å²) in [6, 6.07) is 6.20. The summed E-state index contributed by atoms with van der Waals surface area (Å²) in [5, 5.41) is 12.2. The lowest BCUT2D eigenvalue weighted by Crippen LogP contribution is -2.44. The Morgan fingerprint density at radius 3 is 3.19 bits per heavy atom. The van der Waals surface area contributed by atoms with Gasteiger partial charge in [-0.2, -0.15) is 5.26 Å². The third-order valence-corrected chi connectivity index (χ3v) is 3.05. The van der Waals surface area contributed by atoms with E-state index in [1.807, 2.05) is 13.1 Å². The lowest BCUT2D eigenvalue weighted by atomic mass is 10.1. The van der Waals surface area contributed by atoms with Crippen LogP contribution < -0.4 is 10.2 Å². The predicted molar refractivity (Wildman–Crippen MR) is 63.2 cm³/mol. The Kier molecular flexibility index (Phi) is 3.37. The van der Waals surface area contributed by atoms with E-state index in [2.05, 4.69) is 21.3 Å². The number of aromatic nitrogens is 1. The van der Waals surface area contributed by atoms with E-state index in [0.717, 1.165) is 18.9 Å². The van der Waals surface area contributed by atoms with Gasteiger partial charge in [-0.05, 0) is 31.5 Å². The van der Waals surface area contributed by atoms with Gasteiger partial charge in [0.15, 0.2) is 0 Å². The van der Waals surface area contributed by atoms with Crippen molar-refractivity contribution < 1.29 is 0 Å². The van der Waals surface area contributed by atoms with Crippen molar-refractivity contribution in [3.05, 3.63) is 23.9 Å². The van der Waals surface area contributed by atoms with Gasteiger partial charge in [-0.15, -0.1) is 0 Å². The normalized spacial score (nSPS) is 20.1. The van der Waals surface area contributed by atoms with Gasteiger partial charge in [0.25, 0.3) is 0 Å². The molecule has 4 heteroatoms. The summed E-state index contributed by atoms with van der Waals surface area (Å²) in [5.74, 6) is 0.882. The zero-order chi connectivity index (χ0) is 11.4. The standard InChI is InChI=1S/C12H16N4/c1-16(11-3-2-5-14-9-11)12-7-10(8-13)4-6-15-12/h4,6-7,11,14H,2-3,5,9H2,1H3/t11-/m0/s1. The van der Waals surface area contributed by atoms with Gasteiger partial charge in [0.2, 0.25) is 0 Å². The van der Waals surface area contributed by atoms with Crippen LogP contribution in [0.5, 0.6) is 0 Å². The van der Waals surface area contributed by atoms with E-state index in [1.165, 1.54) is 12.8 Å². The van der Waals surface area contributed by atoms with Crippen molar-refractivity contribution in [1.29, 1.82) is 5.26 Å². The van der Waals surface area contributed by atoms with E-state index in [4.69, 9.17) is 5.26 Å². The lowest BCUT2D eigenvalue weighted by Gasteiger charge is -2.32. The van der Waals surface area contributed by atoms with Crippen LogP contribution in [0.2, 0.25) is 0 Å². The van der Waals surface area contributed by atoms with Crippen LogP contribution in [0.15, 0.2) is 18.3 Å². The molecule has 2 heterocycles. The quantitative estimate of drug-likeness (QED) is 0.805. The number of piperidine rings is 1. The van der Waals surface area contributed by atoms with E-state index in [-0.39, 0.29) is 0 Å². The number of hydrogen-bond acceptors (Lipinski definition) is 4. The fourth-order valence-electron chi connectivity index (χ4n) is 2.03. The molecule has 0 aromatic carbocycles. The van der Waals surface area contributed by atoms with Crippen LogP contribution in [0.25, 0.3) is 0 Å². The number of pyridine rings is 1. The molecule has 2 rings (SSSR count). The molecular weight excluding hydrogens is 200 g/mol. The molecule has 1 aromatic rings. The highest BCUT2D eigenvalue weighted by Crippen LogP contribution is 2.17. The monoisotopic (exact) mass is 216 g/mol. The first-order valence-corrected chi connectivity index (χ1v) is 5.61. The van der Waals surface area contributed by atoms with Gasteiger partial charge >= 0.3 is 0 Å². The number of rotatable bonds is 2. The number of nitrogens with zero attached hydrogens (tertiary/aromatic N) is 3. The Morgan fingerprint density at radius 2 is 2.50 bits per heavy atom. The Labute approximate surface area is 95.9 Å². The molecule has 16 heavy (non-hydrogen) atoms. The molecule has 0 spiro atoms. The molecule has 0 aliphatic carbocycles. The minimum Gasteiger partial charge on any atom is -0.355 e. The zero-order valence-electron chi connectivity index (χ0n) is 9.48. The second kappa shape index (κ2) is 4.95. The highest BCUT2D eigenvalue weighted by Gasteiger charge is 2.18. The fourth-order valence-corrected chi connectivity index (χ4v) is 2.03. The van der Waals surface area contributed by atoms with Crippen molar-refractivity contribution in [2.75, 3.05) is 25.0 Å². The largest absolute Gasteiger partial charge is 0.355 e. The molecule has 1 aliphatic rings. The number of nitrogens with one attached hydrogen (secondary N) is 1. The number of anilines is 1. The van der Waals surface area contributed by atoms with Crippen molar-refractivity contribution in [2.24, 2.45) is 0 Å². The summed E-state index contributed by atoms with van der Waals surface area (Å²) in [6.45, 7) is 2.10. The van der Waals surface area contributed by atoms with Crippen molar-refractivity contribution in [3.8, 4) is 6.07 Å². The molecule has 0 radical (unpaired) electrons. The maximum Gasteiger partial charge on any atom is 0.129 e. The van der Waals surface area contributed by atoms with Crippen LogP contribution in [0.1, 0.15) is 18.4 Å². The van der Waals surface area contributed by atoms with Crippen LogP contribution in [0.3, 0.4) is 0 Å². The van der Waals surface area contributed by atoms with Crippen molar-refractivity contribution in [2.45, 2.75) is 18.9 Å². The first kappa shape index (κ1) is 10.9. The van der Waals surface area contributed by atoms with E-state index in [1.54, 1.807) is 12.3 Å². The van der Waals surface area contributed by atoms with Crippen LogP contribution in [0.4, 0.5) is 5.82 Å². The number of likely N-dealkylation sites (N-methyl/N-ethyl adjacent to an activating group) is 1. The van der Waals surface area contributed by atoms with E-state index >= 15 is 0 Å². The zero-order valence-corrected chi connectivity index (χ0v) is 9.48. The van der Waals surface area contributed by atoms with Crippen molar-refractivity contribution in [3.63, 3.8) is 0 Å². The van der Waals surface area contributed by atoms with Gasteiger partial charge in [0, 0.05) is 25.8 Å². The third kappa shape index (κ3) is 2.31. The lowest BCUT2D eigenvalue weighted by molar-refractivity contribution is 0.443. The van der Waals surface area contributed by atoms with Gasteiger partial charge in [-0.25, -0.2) is 4.98 Å². The van der Waals surface area contributed by atoms with Crippen molar-refractivity contribution in [1.82, 2.24) is 10.3 Å². The molecule has 1 N–H and O–H groups in total. The smallest absolute Gasteiger partial charge is 0.129 e. The summed E-state index contributed by atoms with van der Waals surface area (Å²) in [7, 11) is 2.04. The summed E-state index contributed by atoms with van der Waals surface area (Å²) in [4.78, 5) is 6.47. The molecule has 0 amide bonds. The van der Waals surface area contributed by atoms with Gasteiger partial charge in [-0.3, -0.25) is 0 Å². The summed E-state index contributed by atoms with van der Waals surface area (Å²) >= 11 is 0. The topological polar surface area (TPSA) is 52.0 Å². The van der Waals surface area contributed by atoms with Crippen molar-refractivity contribution >= 4 is 5.82 Å². The summed E-state index contributed by atoms with van der Waals surface area (Å²) in [6.07, 6.45) is 4.08. The van der Waals surface area contributed by atoms with Crippen LogP contribution in [-0.4, -0.2) is 31.2 Å². The van der Waals surface area contributed by atoms with Gasteiger partial charge in [0.1, 0.15) is 5.82 Å². The molecule has 0 bridgehead atoms. The Bertz CT molecular complexity index is 390. The second-order valence-electron chi connectivity index (χ2n) is 4.13. The first-order valence-electron chi connectivity index (χ1n) is 5.61. The average molecular weight is 216 g/mol. The molecule has 1 aromatic heterocycles. The highest BCUT2D eigenvalue weighted by molar-refractivity contribution is 5.45. The molecule has 1 fully saturated rings. The third-order valence-electron chi connectivity index (χ3n) is 3.05. The maximum atomic E-state index is 8.85. The van der Waals surface area contributed by atoms with Gasteiger partial charge < -0.3 is 10.2 Å². The Balaban J connectivity index is 2.13. The molecule has 84 valence electrons. The highest BCUT2D eigenvalue weighted by atomic mass is 15.2. The SMILES string of the molecule is CN(c1cc(C#N)ccn1)[C@H]1CCCNC1. The minimum atomic E-state index is 0.482. The van der Waals surface area contributed by atoms with E-state index in [9.17, 15) is 0 Å². The Morgan fingerprint density at radius 1 is 1.62 bits per heavy atom. The van der Waals surface area contributed by atoms with Crippen LogP contribution in [-0.2, 0) is 0 Å². The maximum absolute atomic E-state index is 8.85. The predicted octanol–water partition coefficient (Wildman–Crippen LogP) is 1.14. The van der Waals surface area contributed by atoms with E-state index in [0.29, 0.717) is 11.6 Å². The number of hydrogen-bond donors (Lipinski definition) is 1. The molecule has 1 aliphatic heterocycles. The fraction of sp³-hybridized carbons (Fsp3) is 0.500. The molecule has 1 saturated heterocycles. The summed E-state index contributed by atoms with van der Waals surface area (Å²) in [5.41, 5.74) is 0.667.